The van der Waals surface area contributed by atoms with E-state index in [4.69, 9.17) is 4.74 Å². The number of benzene rings is 2. The first kappa shape index (κ1) is 24.6. The van der Waals surface area contributed by atoms with Crippen molar-refractivity contribution in [2.75, 3.05) is 26.2 Å². The van der Waals surface area contributed by atoms with Gasteiger partial charge in [-0.25, -0.2) is 8.42 Å². The van der Waals surface area contributed by atoms with E-state index in [9.17, 15) is 22.8 Å². The number of carbonyl (C=O) groups excluding carboxylic acids is 3. The van der Waals surface area contributed by atoms with Crippen LogP contribution in [0.3, 0.4) is 0 Å². The van der Waals surface area contributed by atoms with Crippen molar-refractivity contribution in [1.82, 2.24) is 9.21 Å². The average molecular weight is 473 g/mol. The molecule has 0 saturated carbocycles. The van der Waals surface area contributed by atoms with Crippen LogP contribution in [0.4, 0.5) is 0 Å². The molecule has 2 aromatic rings. The Balaban J connectivity index is 1.41. The van der Waals surface area contributed by atoms with Crippen molar-refractivity contribution in [2.24, 2.45) is 0 Å². The highest BCUT2D eigenvalue weighted by Crippen LogP contribution is 2.22. The van der Waals surface area contributed by atoms with Gasteiger partial charge in [0.05, 0.1) is 22.6 Å². The molecule has 0 unspecified atom stereocenters. The van der Waals surface area contributed by atoms with E-state index in [-0.39, 0.29) is 36.3 Å². The van der Waals surface area contributed by atoms with Crippen LogP contribution in [-0.2, 0) is 26.0 Å². The Morgan fingerprint density at radius 3 is 2.06 bits per heavy atom. The third kappa shape index (κ3) is 5.48. The van der Waals surface area contributed by atoms with Gasteiger partial charge in [-0.15, -0.1) is 0 Å². The quantitative estimate of drug-likeness (QED) is 0.283. The summed E-state index contributed by atoms with van der Waals surface area (Å²) in [5.41, 5.74) is 1.63. The first-order valence-corrected chi connectivity index (χ1v) is 12.4. The van der Waals surface area contributed by atoms with Gasteiger partial charge < -0.3 is 4.74 Å². The largest absolute Gasteiger partial charge is 0.466 e. The molecule has 0 aliphatic carbocycles. The second-order valence-electron chi connectivity index (χ2n) is 7.61. The monoisotopic (exact) mass is 472 g/mol. The minimum absolute atomic E-state index is 0.104. The maximum atomic E-state index is 12.5. The van der Waals surface area contributed by atoms with E-state index in [2.05, 4.69) is 0 Å². The fraction of sp³-hybridized carbons (Fsp3) is 0.375. The van der Waals surface area contributed by atoms with E-state index in [1.165, 1.54) is 9.21 Å². The molecule has 3 rings (SSSR count). The molecule has 176 valence electrons. The molecule has 8 nitrogen and oxygen atoms in total. The highest BCUT2D eigenvalue weighted by molar-refractivity contribution is 7.89. The van der Waals surface area contributed by atoms with E-state index in [0.717, 1.165) is 5.56 Å². The minimum Gasteiger partial charge on any atom is -0.466 e. The van der Waals surface area contributed by atoms with Crippen LogP contribution in [0.25, 0.3) is 0 Å². The lowest BCUT2D eigenvalue weighted by molar-refractivity contribution is -0.143. The van der Waals surface area contributed by atoms with Crippen molar-refractivity contribution in [3.63, 3.8) is 0 Å². The summed E-state index contributed by atoms with van der Waals surface area (Å²) < 4.78 is 31.7. The van der Waals surface area contributed by atoms with Crippen LogP contribution in [0.1, 0.15) is 53.0 Å². The topological polar surface area (TPSA) is 101 Å². The van der Waals surface area contributed by atoms with Crippen molar-refractivity contribution >= 4 is 27.8 Å². The van der Waals surface area contributed by atoms with Gasteiger partial charge in [0.15, 0.2) is 0 Å². The summed E-state index contributed by atoms with van der Waals surface area (Å²) in [6, 6.07) is 13.2. The van der Waals surface area contributed by atoms with Gasteiger partial charge >= 0.3 is 5.97 Å². The van der Waals surface area contributed by atoms with Gasteiger partial charge in [-0.1, -0.05) is 38.1 Å². The van der Waals surface area contributed by atoms with Crippen LogP contribution in [0.15, 0.2) is 53.4 Å². The highest BCUT2D eigenvalue weighted by atomic mass is 32.2. The number of hydrogen-bond acceptors (Lipinski definition) is 6. The predicted octanol–water partition coefficient (Wildman–Crippen LogP) is 2.88. The summed E-state index contributed by atoms with van der Waals surface area (Å²) in [4.78, 5) is 38.1. The van der Waals surface area contributed by atoms with Crippen LogP contribution in [0.2, 0.25) is 0 Å². The smallest absolute Gasteiger partial charge is 0.306 e. The third-order valence-electron chi connectivity index (χ3n) is 5.55. The Hall–Kier alpha value is -3.04. The molecule has 2 amide bonds. The number of hydrogen-bond donors (Lipinski definition) is 0. The summed E-state index contributed by atoms with van der Waals surface area (Å²) in [6.07, 6.45) is 0.924. The van der Waals surface area contributed by atoms with Crippen LogP contribution in [-0.4, -0.2) is 61.6 Å². The van der Waals surface area contributed by atoms with Crippen molar-refractivity contribution in [1.29, 1.82) is 0 Å². The molecule has 0 fully saturated rings. The van der Waals surface area contributed by atoms with E-state index in [0.29, 0.717) is 37.1 Å². The SMILES string of the molecule is CCN(CC)S(=O)(=O)c1ccc(CCC(=O)OCCCN2C(=O)c3ccccc3C2=O)cc1. The lowest BCUT2D eigenvalue weighted by Gasteiger charge is -2.18. The molecule has 0 N–H and O–H groups in total. The van der Waals surface area contributed by atoms with Gasteiger partial charge in [-0.05, 0) is 42.7 Å². The number of nitrogens with zero attached hydrogens (tertiary/aromatic N) is 2. The van der Waals surface area contributed by atoms with Crippen LogP contribution < -0.4 is 0 Å². The van der Waals surface area contributed by atoms with Crippen molar-refractivity contribution < 1.29 is 27.5 Å². The summed E-state index contributed by atoms with van der Waals surface area (Å²) in [5, 5.41) is 0. The molecule has 0 radical (unpaired) electrons. The van der Waals surface area contributed by atoms with E-state index < -0.39 is 16.0 Å². The highest BCUT2D eigenvalue weighted by Gasteiger charge is 2.34. The van der Waals surface area contributed by atoms with Crippen LogP contribution in [0.5, 0.6) is 0 Å². The van der Waals surface area contributed by atoms with E-state index in [1.54, 1.807) is 62.4 Å². The van der Waals surface area contributed by atoms with Gasteiger partial charge in [0, 0.05) is 26.1 Å². The first-order valence-electron chi connectivity index (χ1n) is 11.0. The third-order valence-corrected chi connectivity index (χ3v) is 7.62. The first-order chi connectivity index (χ1) is 15.8. The van der Waals surface area contributed by atoms with Gasteiger partial charge in [0.2, 0.25) is 10.0 Å². The zero-order chi connectivity index (χ0) is 24.0. The van der Waals surface area contributed by atoms with Gasteiger partial charge in [0.25, 0.3) is 11.8 Å². The summed E-state index contributed by atoms with van der Waals surface area (Å²) in [5.74, 6) is -1.04. The number of fused-ring (bicyclic) bond motifs is 1. The number of esters is 1. The van der Waals surface area contributed by atoms with Crippen molar-refractivity contribution in [2.45, 2.75) is 38.0 Å². The maximum absolute atomic E-state index is 12.5. The second kappa shape index (κ2) is 10.7. The fourth-order valence-electron chi connectivity index (χ4n) is 3.71. The standard InChI is InChI=1S/C24H28N2O6S/c1-3-25(4-2)33(30,31)19-13-10-18(11-14-19)12-15-22(27)32-17-7-16-26-23(28)20-8-5-6-9-21(20)24(26)29/h5-6,8-11,13-14H,3-4,7,12,15-17H2,1-2H3. The molecule has 2 aromatic carbocycles. The zero-order valence-electron chi connectivity index (χ0n) is 18.8. The summed E-state index contributed by atoms with van der Waals surface area (Å²) in [7, 11) is -3.51. The minimum atomic E-state index is -3.51. The second-order valence-corrected chi connectivity index (χ2v) is 9.55. The molecule has 0 atom stereocenters. The van der Waals surface area contributed by atoms with Crippen molar-refractivity contribution in [3.8, 4) is 0 Å². The van der Waals surface area contributed by atoms with E-state index in [1.807, 2.05) is 0 Å². The molecule has 33 heavy (non-hydrogen) atoms. The molecule has 1 aliphatic heterocycles. The molecule has 0 spiro atoms. The normalized spacial score (nSPS) is 13.5. The van der Waals surface area contributed by atoms with Crippen LogP contribution in [0, 0.1) is 0 Å². The lowest BCUT2D eigenvalue weighted by atomic mass is 10.1. The van der Waals surface area contributed by atoms with Gasteiger partial charge in [0.1, 0.15) is 0 Å². The average Bonchev–Trinajstić information content (AvgIpc) is 3.06. The molecule has 1 heterocycles. The number of amides is 2. The summed E-state index contributed by atoms with van der Waals surface area (Å²) >= 11 is 0. The Bertz CT molecular complexity index is 1090. The molecular formula is C24H28N2O6S. The zero-order valence-corrected chi connectivity index (χ0v) is 19.6. The molecule has 0 aromatic heterocycles. The number of rotatable bonds is 11. The molecule has 0 saturated heterocycles. The Labute approximate surface area is 194 Å². The Morgan fingerprint density at radius 1 is 0.939 bits per heavy atom. The number of aryl methyl sites for hydroxylation is 1. The molecule has 0 bridgehead atoms. The maximum Gasteiger partial charge on any atom is 0.306 e. The molecule has 1 aliphatic rings. The Kier molecular flexibility index (Phi) is 7.99. The predicted molar refractivity (Wildman–Crippen MR) is 122 cm³/mol. The lowest BCUT2D eigenvalue weighted by Crippen LogP contribution is -2.31. The molecular weight excluding hydrogens is 444 g/mol. The summed E-state index contributed by atoms with van der Waals surface area (Å²) in [6.45, 7) is 4.68. The van der Waals surface area contributed by atoms with Gasteiger partial charge in [-0.3, -0.25) is 19.3 Å². The van der Waals surface area contributed by atoms with E-state index >= 15 is 0 Å². The Morgan fingerprint density at radius 2 is 1.52 bits per heavy atom. The number of imide groups is 1. The van der Waals surface area contributed by atoms with Crippen LogP contribution >= 0.6 is 0 Å². The fourth-order valence-corrected chi connectivity index (χ4v) is 5.17. The van der Waals surface area contributed by atoms with Gasteiger partial charge in [-0.2, -0.15) is 4.31 Å². The van der Waals surface area contributed by atoms with Crippen molar-refractivity contribution in [3.05, 3.63) is 65.2 Å². The molecule has 9 heteroatoms. The number of sulfonamides is 1. The number of carbonyl (C=O) groups is 3. The number of ether oxygens (including phenoxy) is 1.